The molecule has 1 aromatic carbocycles. The van der Waals surface area contributed by atoms with Crippen LogP contribution in [0.1, 0.15) is 30.9 Å². The fourth-order valence-electron chi connectivity index (χ4n) is 1.84. The van der Waals surface area contributed by atoms with Gasteiger partial charge in [-0.05, 0) is 37.0 Å². The van der Waals surface area contributed by atoms with E-state index in [1.807, 2.05) is 24.3 Å². The fourth-order valence-corrected chi connectivity index (χ4v) is 1.97. The Morgan fingerprint density at radius 3 is 2.67 bits per heavy atom. The second-order valence-corrected chi connectivity index (χ2v) is 4.16. The molecule has 1 fully saturated rings. The maximum Gasteiger partial charge on any atom is 0.144 e. The number of rotatable bonds is 1. The van der Waals surface area contributed by atoms with E-state index in [9.17, 15) is 0 Å². The average molecular weight is 222 g/mol. The molecule has 2 rings (SSSR count). The molecule has 2 nitrogen and oxygen atoms in total. The Kier molecular flexibility index (Phi) is 3.25. The highest BCUT2D eigenvalue weighted by Crippen LogP contribution is 2.31. The molecule has 0 unspecified atom stereocenters. The van der Waals surface area contributed by atoms with Crippen LogP contribution in [0.25, 0.3) is 0 Å². The highest BCUT2D eigenvalue weighted by molar-refractivity contribution is 6.30. The van der Waals surface area contributed by atoms with Gasteiger partial charge in [-0.25, -0.2) is 0 Å². The Morgan fingerprint density at radius 1 is 1.27 bits per heavy atom. The number of halogens is 1. The Balaban J connectivity index is 2.10. The van der Waals surface area contributed by atoms with Crippen LogP contribution >= 0.6 is 11.6 Å². The standard InChI is InChI=1S/C12H12ClNO/c13-10-6-4-9(5-7-10)12-3-1-2-11(8-14)15-12/h4-7,11-12H,1-3H2/t11-,12+/m0/s1. The molecule has 1 aromatic rings. The van der Waals surface area contributed by atoms with Crippen LogP contribution in [0.3, 0.4) is 0 Å². The van der Waals surface area contributed by atoms with Crippen LogP contribution in [-0.2, 0) is 4.74 Å². The summed E-state index contributed by atoms with van der Waals surface area (Å²) < 4.78 is 5.66. The molecule has 2 atom stereocenters. The predicted molar refractivity (Wildman–Crippen MR) is 58.5 cm³/mol. The van der Waals surface area contributed by atoms with Gasteiger partial charge in [0.05, 0.1) is 12.2 Å². The zero-order chi connectivity index (χ0) is 10.7. The number of hydrogen-bond donors (Lipinski definition) is 0. The second kappa shape index (κ2) is 4.65. The van der Waals surface area contributed by atoms with Gasteiger partial charge in [0.2, 0.25) is 0 Å². The molecule has 0 N–H and O–H groups in total. The summed E-state index contributed by atoms with van der Waals surface area (Å²) >= 11 is 5.81. The molecule has 1 aliphatic rings. The SMILES string of the molecule is N#C[C@@H]1CCC[C@H](c2ccc(Cl)cc2)O1. The van der Waals surface area contributed by atoms with Crippen molar-refractivity contribution >= 4 is 11.6 Å². The maximum absolute atomic E-state index is 8.80. The third-order valence-electron chi connectivity index (χ3n) is 2.65. The summed E-state index contributed by atoms with van der Waals surface area (Å²) in [4.78, 5) is 0. The number of nitriles is 1. The average Bonchev–Trinajstić information content (AvgIpc) is 2.30. The van der Waals surface area contributed by atoms with Gasteiger partial charge in [-0.1, -0.05) is 23.7 Å². The quantitative estimate of drug-likeness (QED) is 0.728. The predicted octanol–water partition coefficient (Wildman–Crippen LogP) is 3.47. The molecule has 1 heterocycles. The van der Waals surface area contributed by atoms with Crippen LogP contribution < -0.4 is 0 Å². The van der Waals surface area contributed by atoms with Gasteiger partial charge in [0.1, 0.15) is 6.10 Å². The van der Waals surface area contributed by atoms with E-state index in [0.29, 0.717) is 0 Å². The summed E-state index contributed by atoms with van der Waals surface area (Å²) in [7, 11) is 0. The van der Waals surface area contributed by atoms with E-state index >= 15 is 0 Å². The Morgan fingerprint density at radius 2 is 2.00 bits per heavy atom. The van der Waals surface area contributed by atoms with E-state index in [2.05, 4.69) is 6.07 Å². The van der Waals surface area contributed by atoms with Crippen molar-refractivity contribution in [2.45, 2.75) is 31.5 Å². The van der Waals surface area contributed by atoms with Crippen LogP contribution in [0.15, 0.2) is 24.3 Å². The van der Waals surface area contributed by atoms with E-state index < -0.39 is 0 Å². The van der Waals surface area contributed by atoms with Gasteiger partial charge in [-0.3, -0.25) is 0 Å². The highest BCUT2D eigenvalue weighted by Gasteiger charge is 2.22. The lowest BCUT2D eigenvalue weighted by molar-refractivity contribution is -0.0228. The summed E-state index contributed by atoms with van der Waals surface area (Å²) in [6.07, 6.45) is 2.69. The number of ether oxygens (including phenoxy) is 1. The first-order valence-corrected chi connectivity index (χ1v) is 5.48. The van der Waals surface area contributed by atoms with Gasteiger partial charge in [-0.2, -0.15) is 5.26 Å². The molecule has 1 saturated heterocycles. The highest BCUT2D eigenvalue weighted by atomic mass is 35.5. The van der Waals surface area contributed by atoms with E-state index in [1.165, 1.54) is 0 Å². The topological polar surface area (TPSA) is 33.0 Å². The van der Waals surface area contributed by atoms with Crippen LogP contribution in [-0.4, -0.2) is 6.10 Å². The molecular weight excluding hydrogens is 210 g/mol. The monoisotopic (exact) mass is 221 g/mol. The third-order valence-corrected chi connectivity index (χ3v) is 2.90. The molecule has 0 bridgehead atoms. The van der Waals surface area contributed by atoms with Crippen LogP contribution in [0, 0.1) is 11.3 Å². The molecule has 0 spiro atoms. The lowest BCUT2D eigenvalue weighted by Crippen LogP contribution is -2.20. The molecular formula is C12H12ClNO. The smallest absolute Gasteiger partial charge is 0.144 e. The van der Waals surface area contributed by atoms with Gasteiger partial charge in [0, 0.05) is 5.02 Å². The number of hydrogen-bond acceptors (Lipinski definition) is 2. The molecule has 1 aliphatic heterocycles. The van der Waals surface area contributed by atoms with Crippen molar-refractivity contribution in [1.82, 2.24) is 0 Å². The van der Waals surface area contributed by atoms with Crippen LogP contribution in [0.5, 0.6) is 0 Å². The molecule has 3 heteroatoms. The van der Waals surface area contributed by atoms with Crippen LogP contribution in [0.2, 0.25) is 5.02 Å². The van der Waals surface area contributed by atoms with Crippen molar-refractivity contribution in [2.24, 2.45) is 0 Å². The van der Waals surface area contributed by atoms with E-state index in [1.54, 1.807) is 0 Å². The lowest BCUT2D eigenvalue weighted by atomic mass is 9.99. The maximum atomic E-state index is 8.80. The molecule has 0 aromatic heterocycles. The first-order chi connectivity index (χ1) is 7.29. The number of benzene rings is 1. The van der Waals surface area contributed by atoms with Gasteiger partial charge < -0.3 is 4.74 Å². The summed E-state index contributed by atoms with van der Waals surface area (Å²) in [5, 5.41) is 9.53. The minimum atomic E-state index is -0.251. The first kappa shape index (κ1) is 10.5. The van der Waals surface area contributed by atoms with Crippen molar-refractivity contribution in [3.05, 3.63) is 34.9 Å². The Hall–Kier alpha value is -1.04. The molecule has 0 saturated carbocycles. The van der Waals surface area contributed by atoms with Gasteiger partial charge >= 0.3 is 0 Å². The van der Waals surface area contributed by atoms with Crippen molar-refractivity contribution in [3.8, 4) is 6.07 Å². The summed E-state index contributed by atoms with van der Waals surface area (Å²) in [5.74, 6) is 0. The van der Waals surface area contributed by atoms with Gasteiger partial charge in [0.15, 0.2) is 0 Å². The Labute approximate surface area is 94.4 Å². The van der Waals surface area contributed by atoms with E-state index in [4.69, 9.17) is 21.6 Å². The molecule has 0 radical (unpaired) electrons. The third kappa shape index (κ3) is 2.50. The molecule has 0 amide bonds. The minimum Gasteiger partial charge on any atom is -0.355 e. The van der Waals surface area contributed by atoms with E-state index in [0.717, 1.165) is 29.8 Å². The molecule has 0 aliphatic carbocycles. The Bertz CT molecular complexity index is 368. The number of nitrogens with zero attached hydrogens (tertiary/aromatic N) is 1. The van der Waals surface area contributed by atoms with Crippen LogP contribution in [0.4, 0.5) is 0 Å². The van der Waals surface area contributed by atoms with Crippen molar-refractivity contribution < 1.29 is 4.74 Å². The van der Waals surface area contributed by atoms with E-state index in [-0.39, 0.29) is 12.2 Å². The second-order valence-electron chi connectivity index (χ2n) is 3.72. The zero-order valence-electron chi connectivity index (χ0n) is 8.32. The lowest BCUT2D eigenvalue weighted by Gasteiger charge is -2.26. The summed E-state index contributed by atoms with van der Waals surface area (Å²) in [6, 6.07) is 9.81. The van der Waals surface area contributed by atoms with Gasteiger partial charge in [0.25, 0.3) is 0 Å². The largest absolute Gasteiger partial charge is 0.355 e. The normalized spacial score (nSPS) is 25.9. The molecule has 15 heavy (non-hydrogen) atoms. The minimum absolute atomic E-state index is 0.0562. The molecule has 78 valence electrons. The first-order valence-electron chi connectivity index (χ1n) is 5.10. The fraction of sp³-hybridized carbons (Fsp3) is 0.417. The van der Waals surface area contributed by atoms with Crippen molar-refractivity contribution in [3.63, 3.8) is 0 Å². The summed E-state index contributed by atoms with van der Waals surface area (Å²) in [5.41, 5.74) is 1.11. The summed E-state index contributed by atoms with van der Waals surface area (Å²) in [6.45, 7) is 0. The van der Waals surface area contributed by atoms with Crippen molar-refractivity contribution in [2.75, 3.05) is 0 Å². The van der Waals surface area contributed by atoms with Crippen molar-refractivity contribution in [1.29, 1.82) is 5.26 Å². The van der Waals surface area contributed by atoms with Gasteiger partial charge in [-0.15, -0.1) is 0 Å². The zero-order valence-corrected chi connectivity index (χ0v) is 9.07.